The number of nitrogens with zero attached hydrogens (tertiary/aromatic N) is 3. The molecule has 0 aliphatic heterocycles. The van der Waals surface area contributed by atoms with E-state index >= 15 is 0 Å². The van der Waals surface area contributed by atoms with Gasteiger partial charge in [0.25, 0.3) is 0 Å². The molecular weight excluding hydrogens is 522 g/mol. The lowest BCUT2D eigenvalue weighted by atomic mass is 10.0. The zero-order valence-corrected chi connectivity index (χ0v) is 23.5. The summed E-state index contributed by atoms with van der Waals surface area (Å²) in [7, 11) is 1.60. The second-order valence-electron chi connectivity index (χ2n) is 9.47. The van der Waals surface area contributed by atoms with Crippen LogP contribution in [0.3, 0.4) is 0 Å². The fourth-order valence-electron chi connectivity index (χ4n) is 4.32. The summed E-state index contributed by atoms with van der Waals surface area (Å²) in [6.07, 6.45) is 2.89. The van der Waals surface area contributed by atoms with Gasteiger partial charge in [-0.1, -0.05) is 31.2 Å². The highest BCUT2D eigenvalue weighted by Gasteiger charge is 2.14. The maximum absolute atomic E-state index is 12.4. The normalized spacial score (nSPS) is 11.0. The van der Waals surface area contributed by atoms with Crippen LogP contribution in [0.2, 0.25) is 0 Å². The van der Waals surface area contributed by atoms with Gasteiger partial charge in [0, 0.05) is 21.2 Å². The number of fused-ring (bicyclic) bond motifs is 1. The highest BCUT2D eigenvalue weighted by atomic mass is 32.2. The number of ether oxygens (including phenoxy) is 1. The van der Waals surface area contributed by atoms with E-state index in [2.05, 4.69) is 27.8 Å². The number of nitrogens with one attached hydrogen (secondary N) is 2. The second kappa shape index (κ2) is 12.1. The molecule has 0 aliphatic rings. The second-order valence-corrected chi connectivity index (χ2v) is 10.6. The average Bonchev–Trinajstić information content (AvgIpc) is 3.38. The Labute approximate surface area is 237 Å². The van der Waals surface area contributed by atoms with Crippen LogP contribution in [-0.4, -0.2) is 33.2 Å². The van der Waals surface area contributed by atoms with E-state index in [1.807, 2.05) is 61.5 Å². The predicted molar refractivity (Wildman–Crippen MR) is 160 cm³/mol. The summed E-state index contributed by atoms with van der Waals surface area (Å²) >= 11 is 1.59. The van der Waals surface area contributed by atoms with Crippen LogP contribution in [0.1, 0.15) is 30.9 Å². The number of aromatic hydroxyl groups is 1. The number of carbonyl (C=O) groups is 1. The number of aromatic nitrogens is 3. The van der Waals surface area contributed by atoms with Crippen molar-refractivity contribution in [2.45, 2.75) is 42.9 Å². The first-order valence-corrected chi connectivity index (χ1v) is 13.9. The van der Waals surface area contributed by atoms with Gasteiger partial charge in [0.2, 0.25) is 0 Å². The number of amides is 2. The van der Waals surface area contributed by atoms with E-state index < -0.39 is 0 Å². The molecular formula is C31H31N5O3S. The fraction of sp³-hybridized carbons (Fsp3) is 0.194. The number of aryl methyl sites for hydroxylation is 2. The summed E-state index contributed by atoms with van der Waals surface area (Å²) in [6.45, 7) is 4.16. The van der Waals surface area contributed by atoms with E-state index in [0.717, 1.165) is 57.0 Å². The Kier molecular flexibility index (Phi) is 8.21. The van der Waals surface area contributed by atoms with Crippen molar-refractivity contribution in [2.24, 2.45) is 0 Å². The van der Waals surface area contributed by atoms with E-state index in [9.17, 15) is 9.90 Å². The first-order valence-electron chi connectivity index (χ1n) is 13.1. The van der Waals surface area contributed by atoms with Crippen LogP contribution in [-0.2, 0) is 6.42 Å². The Morgan fingerprint density at radius 3 is 2.23 bits per heavy atom. The molecule has 0 saturated heterocycles. The van der Waals surface area contributed by atoms with Gasteiger partial charge >= 0.3 is 6.03 Å². The number of phenols is 1. The molecule has 2 amide bonds. The monoisotopic (exact) mass is 553 g/mol. The van der Waals surface area contributed by atoms with Crippen molar-refractivity contribution in [1.29, 1.82) is 0 Å². The fourth-order valence-corrected chi connectivity index (χ4v) is 5.17. The van der Waals surface area contributed by atoms with Crippen LogP contribution < -0.4 is 15.4 Å². The number of carbonyl (C=O) groups excluding carboxylic acids is 1. The number of hydrogen-bond donors (Lipinski definition) is 3. The van der Waals surface area contributed by atoms with Gasteiger partial charge in [0.15, 0.2) is 0 Å². The zero-order valence-electron chi connectivity index (χ0n) is 22.6. The number of unbranched alkanes of at least 4 members (excludes halogenated alkanes) is 1. The van der Waals surface area contributed by atoms with E-state index in [1.54, 1.807) is 43.1 Å². The lowest BCUT2D eigenvalue weighted by Crippen LogP contribution is -2.19. The van der Waals surface area contributed by atoms with Crippen LogP contribution in [0.15, 0.2) is 88.7 Å². The molecule has 4 aromatic carbocycles. The first kappa shape index (κ1) is 27.1. The molecule has 0 bridgehead atoms. The molecule has 5 aromatic rings. The Morgan fingerprint density at radius 1 is 0.900 bits per heavy atom. The molecule has 40 heavy (non-hydrogen) atoms. The summed E-state index contributed by atoms with van der Waals surface area (Å²) < 4.78 is 5.14. The Balaban J connectivity index is 1.26. The molecule has 0 radical (unpaired) electrons. The lowest BCUT2D eigenvalue weighted by Gasteiger charge is -2.10. The number of benzene rings is 4. The Hall–Kier alpha value is -4.50. The third-order valence-corrected chi connectivity index (χ3v) is 7.37. The molecule has 0 fully saturated rings. The minimum absolute atomic E-state index is 0.236. The summed E-state index contributed by atoms with van der Waals surface area (Å²) in [6, 6.07) is 24.3. The van der Waals surface area contributed by atoms with E-state index in [4.69, 9.17) is 4.74 Å². The molecule has 1 aromatic heterocycles. The van der Waals surface area contributed by atoms with Gasteiger partial charge in [-0.2, -0.15) is 0 Å². The summed E-state index contributed by atoms with van der Waals surface area (Å²) in [5.74, 6) is 0.963. The average molecular weight is 554 g/mol. The quantitative estimate of drug-likeness (QED) is 0.174. The highest BCUT2D eigenvalue weighted by Crippen LogP contribution is 2.32. The molecule has 0 saturated carbocycles. The van der Waals surface area contributed by atoms with Crippen molar-refractivity contribution in [1.82, 2.24) is 15.0 Å². The molecule has 0 spiro atoms. The van der Waals surface area contributed by atoms with E-state index in [0.29, 0.717) is 17.1 Å². The molecule has 3 N–H and O–H groups in total. The smallest absolute Gasteiger partial charge is 0.323 e. The highest BCUT2D eigenvalue weighted by molar-refractivity contribution is 7.99. The van der Waals surface area contributed by atoms with Crippen LogP contribution in [0, 0.1) is 6.92 Å². The number of methoxy groups -OCH3 is 1. The van der Waals surface area contributed by atoms with Gasteiger partial charge in [-0.25, -0.2) is 4.79 Å². The number of rotatable bonds is 9. The number of phenolic OH excluding ortho intramolecular Hbond substituents is 1. The summed E-state index contributed by atoms with van der Waals surface area (Å²) in [4.78, 5) is 15.9. The van der Waals surface area contributed by atoms with Gasteiger partial charge in [-0.3, -0.25) is 0 Å². The van der Waals surface area contributed by atoms with Crippen molar-refractivity contribution in [2.75, 3.05) is 17.7 Å². The number of anilines is 2. The molecule has 1 heterocycles. The maximum atomic E-state index is 12.4. The van der Waals surface area contributed by atoms with Crippen LogP contribution >= 0.6 is 11.8 Å². The Bertz CT molecular complexity index is 1630. The number of urea groups is 1. The standard InChI is InChI=1S/C31H31N5O3S/c1-4-5-6-21-17-20(2)18-29(30(21)37)36-34-27-16-15-26(19-28(27)35-36)40-25-13-9-23(10-14-25)33-31(38)32-22-7-11-24(39-3)12-8-22/h7-19,37H,4-6H2,1-3H3,(H2,32,33,38). The van der Waals surface area contributed by atoms with Gasteiger partial charge in [0.1, 0.15) is 28.2 Å². The predicted octanol–water partition coefficient (Wildman–Crippen LogP) is 7.58. The van der Waals surface area contributed by atoms with Gasteiger partial charge in [0.05, 0.1) is 7.11 Å². The van der Waals surface area contributed by atoms with Crippen LogP contribution in [0.25, 0.3) is 16.7 Å². The third-order valence-electron chi connectivity index (χ3n) is 6.38. The lowest BCUT2D eigenvalue weighted by molar-refractivity contribution is 0.262. The molecule has 5 rings (SSSR count). The minimum atomic E-state index is -0.323. The molecule has 0 atom stereocenters. The molecule has 0 unspecified atom stereocenters. The van der Waals surface area contributed by atoms with E-state index in [1.165, 1.54) is 4.80 Å². The van der Waals surface area contributed by atoms with Crippen LogP contribution in [0.5, 0.6) is 11.5 Å². The summed E-state index contributed by atoms with van der Waals surface area (Å²) in [5, 5.41) is 25.8. The molecule has 204 valence electrons. The van der Waals surface area contributed by atoms with Gasteiger partial charge in [-0.05, 0) is 104 Å². The topological polar surface area (TPSA) is 101 Å². The van der Waals surface area contributed by atoms with Gasteiger partial charge in [-0.15, -0.1) is 15.0 Å². The van der Waals surface area contributed by atoms with E-state index in [-0.39, 0.29) is 11.8 Å². The van der Waals surface area contributed by atoms with Gasteiger partial charge < -0.3 is 20.5 Å². The zero-order chi connectivity index (χ0) is 28.1. The third kappa shape index (κ3) is 6.38. The first-order chi connectivity index (χ1) is 19.4. The summed E-state index contributed by atoms with van der Waals surface area (Å²) in [5.41, 5.74) is 5.43. The van der Waals surface area contributed by atoms with Crippen LogP contribution in [0.4, 0.5) is 16.2 Å². The molecule has 0 aliphatic carbocycles. The maximum Gasteiger partial charge on any atom is 0.323 e. The van der Waals surface area contributed by atoms with Crippen molar-refractivity contribution >= 4 is 40.2 Å². The Morgan fingerprint density at radius 2 is 1.55 bits per heavy atom. The van der Waals surface area contributed by atoms with Crippen molar-refractivity contribution in [3.63, 3.8) is 0 Å². The SMILES string of the molecule is CCCCc1cc(C)cc(-n2nc3ccc(Sc4ccc(NC(=O)Nc5ccc(OC)cc5)cc4)cc3n2)c1O. The van der Waals surface area contributed by atoms with Crippen molar-refractivity contribution < 1.29 is 14.6 Å². The number of hydrogen-bond acceptors (Lipinski definition) is 6. The van der Waals surface area contributed by atoms with Crippen molar-refractivity contribution in [3.05, 3.63) is 90.0 Å². The van der Waals surface area contributed by atoms with Crippen molar-refractivity contribution in [3.8, 4) is 17.2 Å². The largest absolute Gasteiger partial charge is 0.505 e. The minimum Gasteiger partial charge on any atom is -0.505 e. The molecule has 9 heteroatoms. The molecule has 8 nitrogen and oxygen atoms in total.